The molecular weight excluding hydrogens is 502 g/mol. The van der Waals surface area contributed by atoms with Crippen molar-refractivity contribution < 1.29 is 27.5 Å². The third-order valence-electron chi connectivity index (χ3n) is 5.98. The lowest BCUT2D eigenvalue weighted by atomic mass is 10.2. The Morgan fingerprint density at radius 1 is 1.03 bits per heavy atom. The van der Waals surface area contributed by atoms with Crippen LogP contribution in [0.15, 0.2) is 52.4 Å². The van der Waals surface area contributed by atoms with Crippen LogP contribution in [0.2, 0.25) is 0 Å². The number of sulfonamides is 1. The molecule has 0 aliphatic carbocycles. The Hall–Kier alpha value is -3.02. The fourth-order valence-electron chi connectivity index (χ4n) is 4.15. The van der Waals surface area contributed by atoms with Gasteiger partial charge in [-0.2, -0.15) is 9.30 Å². The number of methoxy groups -OCH3 is 1. The zero-order chi connectivity index (χ0) is 25.7. The van der Waals surface area contributed by atoms with Crippen molar-refractivity contribution in [2.75, 3.05) is 26.8 Å². The predicted octanol–water partition coefficient (Wildman–Crippen LogP) is 3.58. The highest BCUT2D eigenvalue weighted by Crippen LogP contribution is 2.28. The van der Waals surface area contributed by atoms with Gasteiger partial charge in [0.1, 0.15) is 17.8 Å². The molecule has 4 rings (SSSR count). The number of thiazole rings is 1. The Labute approximate surface area is 214 Å². The van der Waals surface area contributed by atoms with E-state index < -0.39 is 21.9 Å². The first-order valence-electron chi connectivity index (χ1n) is 11.9. The van der Waals surface area contributed by atoms with Crippen molar-refractivity contribution in [3.63, 3.8) is 0 Å². The third-order valence-corrected chi connectivity index (χ3v) is 8.94. The summed E-state index contributed by atoms with van der Waals surface area (Å²) < 4.78 is 40.6. The molecule has 0 N–H and O–H groups in total. The Morgan fingerprint density at radius 3 is 2.36 bits per heavy atom. The largest absolute Gasteiger partial charge is 0.492 e. The van der Waals surface area contributed by atoms with Crippen LogP contribution in [0.4, 0.5) is 0 Å². The minimum Gasteiger partial charge on any atom is -0.492 e. The Bertz CT molecular complexity index is 1420. The van der Waals surface area contributed by atoms with E-state index in [1.807, 2.05) is 19.1 Å². The van der Waals surface area contributed by atoms with Gasteiger partial charge in [-0.3, -0.25) is 9.59 Å². The third kappa shape index (κ3) is 5.53. The lowest BCUT2D eigenvalue weighted by Gasteiger charge is -2.19. The van der Waals surface area contributed by atoms with Gasteiger partial charge in [0.15, 0.2) is 4.80 Å². The van der Waals surface area contributed by atoms with Crippen LogP contribution in [-0.2, 0) is 26.1 Å². The van der Waals surface area contributed by atoms with Gasteiger partial charge in [0.25, 0.3) is 5.91 Å². The van der Waals surface area contributed by atoms with Gasteiger partial charge < -0.3 is 14.0 Å². The number of para-hydroxylation sites is 1. The first-order chi connectivity index (χ1) is 17.3. The molecule has 1 aliphatic rings. The lowest BCUT2D eigenvalue weighted by Crippen LogP contribution is -2.31. The molecule has 0 unspecified atom stereocenters. The number of amides is 1. The molecule has 1 fully saturated rings. The van der Waals surface area contributed by atoms with E-state index in [0.29, 0.717) is 35.8 Å². The van der Waals surface area contributed by atoms with Crippen molar-refractivity contribution in [1.29, 1.82) is 0 Å². The van der Waals surface area contributed by atoms with Gasteiger partial charge in [-0.1, -0.05) is 30.2 Å². The number of carbonyl (C=O) groups excluding carboxylic acids is 2. The molecule has 0 atom stereocenters. The van der Waals surface area contributed by atoms with E-state index in [-0.39, 0.29) is 17.0 Å². The van der Waals surface area contributed by atoms with Gasteiger partial charge in [0, 0.05) is 18.7 Å². The van der Waals surface area contributed by atoms with Gasteiger partial charge in [-0.25, -0.2) is 8.42 Å². The van der Waals surface area contributed by atoms with Crippen molar-refractivity contribution in [3.05, 3.63) is 52.8 Å². The predicted molar refractivity (Wildman–Crippen MR) is 137 cm³/mol. The minimum absolute atomic E-state index is 0.139. The van der Waals surface area contributed by atoms with Crippen LogP contribution in [0, 0.1) is 0 Å². The van der Waals surface area contributed by atoms with Crippen LogP contribution < -0.4 is 9.54 Å². The quantitative estimate of drug-likeness (QED) is 0.432. The second-order valence-electron chi connectivity index (χ2n) is 8.34. The van der Waals surface area contributed by atoms with Crippen LogP contribution >= 0.6 is 11.3 Å². The molecule has 0 bridgehead atoms. The summed E-state index contributed by atoms with van der Waals surface area (Å²) >= 11 is 1.25. The molecule has 2 heterocycles. The molecule has 0 radical (unpaired) electrons. The van der Waals surface area contributed by atoms with E-state index in [2.05, 4.69) is 4.99 Å². The number of rotatable bonds is 7. The van der Waals surface area contributed by atoms with Gasteiger partial charge >= 0.3 is 5.97 Å². The highest BCUT2D eigenvalue weighted by molar-refractivity contribution is 7.89. The normalized spacial score (nSPS) is 15.6. The molecule has 192 valence electrons. The highest BCUT2D eigenvalue weighted by atomic mass is 32.2. The maximum absolute atomic E-state index is 13.0. The van der Waals surface area contributed by atoms with Crippen molar-refractivity contribution in [2.45, 2.75) is 44.0 Å². The van der Waals surface area contributed by atoms with Crippen LogP contribution in [-0.4, -0.2) is 56.0 Å². The van der Waals surface area contributed by atoms with E-state index in [9.17, 15) is 18.0 Å². The zero-order valence-electron chi connectivity index (χ0n) is 20.3. The number of aromatic nitrogens is 1. The summed E-state index contributed by atoms with van der Waals surface area (Å²) in [6, 6.07) is 11.3. The fourth-order valence-corrected chi connectivity index (χ4v) is 6.71. The molecule has 1 saturated heterocycles. The van der Waals surface area contributed by atoms with Crippen molar-refractivity contribution in [1.82, 2.24) is 8.87 Å². The smallest absolute Gasteiger partial charge is 0.325 e. The number of esters is 1. The van der Waals surface area contributed by atoms with E-state index in [0.717, 1.165) is 30.4 Å². The lowest BCUT2D eigenvalue weighted by molar-refractivity contribution is -0.141. The second-order valence-corrected chi connectivity index (χ2v) is 11.3. The topological polar surface area (TPSA) is 107 Å². The molecule has 3 aromatic rings. The average molecular weight is 532 g/mol. The fraction of sp³-hybridized carbons (Fsp3) is 0.400. The molecule has 1 aromatic heterocycles. The maximum Gasteiger partial charge on any atom is 0.325 e. The standard InChI is InChI=1S/C25H29N3O6S2/c1-3-34-20-9-8-10-21-23(20)28(17-22(29)33-2)25(35-21)26-24(30)18-11-13-19(14-12-18)36(31,32)27-15-6-4-5-7-16-27/h8-14H,3-7,15-17H2,1-2H3. The maximum atomic E-state index is 13.0. The van der Waals surface area contributed by atoms with E-state index >= 15 is 0 Å². The average Bonchev–Trinajstić information content (AvgIpc) is 3.03. The number of benzene rings is 2. The summed E-state index contributed by atoms with van der Waals surface area (Å²) in [6.07, 6.45) is 3.75. The molecule has 9 nitrogen and oxygen atoms in total. The molecular formula is C25H29N3O6S2. The monoisotopic (exact) mass is 531 g/mol. The van der Waals surface area contributed by atoms with Gasteiger partial charge in [-0.05, 0) is 56.2 Å². The summed E-state index contributed by atoms with van der Waals surface area (Å²) in [5, 5.41) is 0. The minimum atomic E-state index is -3.61. The van der Waals surface area contributed by atoms with Gasteiger partial charge in [-0.15, -0.1) is 0 Å². The Balaban J connectivity index is 1.68. The van der Waals surface area contributed by atoms with Gasteiger partial charge in [0.2, 0.25) is 10.0 Å². The van der Waals surface area contributed by atoms with E-state index in [1.54, 1.807) is 10.6 Å². The van der Waals surface area contributed by atoms with Gasteiger partial charge in [0.05, 0.1) is 23.3 Å². The van der Waals surface area contributed by atoms with Crippen molar-refractivity contribution >= 4 is 43.5 Å². The second kappa shape index (κ2) is 11.4. The Morgan fingerprint density at radius 2 is 1.72 bits per heavy atom. The number of hydrogen-bond acceptors (Lipinski definition) is 7. The molecule has 1 amide bonds. The summed E-state index contributed by atoms with van der Waals surface area (Å²) in [6.45, 7) is 3.18. The van der Waals surface area contributed by atoms with E-state index in [1.165, 1.54) is 47.0 Å². The van der Waals surface area contributed by atoms with E-state index in [4.69, 9.17) is 9.47 Å². The highest BCUT2D eigenvalue weighted by Gasteiger charge is 2.25. The Kier molecular flexibility index (Phi) is 8.22. The summed E-state index contributed by atoms with van der Waals surface area (Å²) in [5.41, 5.74) is 0.900. The molecule has 2 aromatic carbocycles. The number of ether oxygens (including phenoxy) is 2. The van der Waals surface area contributed by atoms with Crippen molar-refractivity contribution in [3.8, 4) is 5.75 Å². The number of carbonyl (C=O) groups is 2. The first kappa shape index (κ1) is 26.1. The molecule has 0 saturated carbocycles. The van der Waals surface area contributed by atoms with Crippen LogP contribution in [0.25, 0.3) is 10.2 Å². The SMILES string of the molecule is CCOc1cccc2sc(=NC(=O)c3ccc(S(=O)(=O)N4CCCCCC4)cc3)n(CC(=O)OC)c12. The van der Waals surface area contributed by atoms with Crippen molar-refractivity contribution in [2.24, 2.45) is 4.99 Å². The number of hydrogen-bond donors (Lipinski definition) is 0. The molecule has 11 heteroatoms. The van der Waals surface area contributed by atoms with Crippen LogP contribution in [0.1, 0.15) is 43.0 Å². The zero-order valence-corrected chi connectivity index (χ0v) is 21.9. The summed E-state index contributed by atoms with van der Waals surface area (Å²) in [5.74, 6) is -0.457. The summed E-state index contributed by atoms with van der Waals surface area (Å²) in [7, 11) is -2.32. The molecule has 36 heavy (non-hydrogen) atoms. The molecule has 0 spiro atoms. The number of nitrogens with zero attached hydrogens (tertiary/aromatic N) is 3. The molecule has 1 aliphatic heterocycles. The van der Waals surface area contributed by atoms with Crippen LogP contribution in [0.5, 0.6) is 5.75 Å². The van der Waals surface area contributed by atoms with Crippen LogP contribution in [0.3, 0.4) is 0 Å². The summed E-state index contributed by atoms with van der Waals surface area (Å²) in [4.78, 5) is 29.9. The number of fused-ring (bicyclic) bond motifs is 1. The first-order valence-corrected chi connectivity index (χ1v) is 14.1.